The minimum absolute atomic E-state index is 0.0592. The molecule has 0 aromatic carbocycles. The van der Waals surface area contributed by atoms with Gasteiger partial charge < -0.3 is 10.1 Å². The Morgan fingerprint density at radius 2 is 2.35 bits per heavy atom. The smallest absolute Gasteiger partial charge is 0.312 e. The topological polar surface area (TPSA) is 77.3 Å². The Balaban J connectivity index is 1.87. The number of halogens is 1. The molecule has 20 heavy (non-hydrogen) atoms. The number of hydrogen-bond donors (Lipinski definition) is 1. The highest BCUT2D eigenvalue weighted by atomic mass is 35.5. The first kappa shape index (κ1) is 13.6. The predicted molar refractivity (Wildman–Crippen MR) is 74.9 cm³/mol. The lowest BCUT2D eigenvalue weighted by molar-refractivity contribution is -0.384. The van der Waals surface area contributed by atoms with Crippen LogP contribution in [0.25, 0.3) is 0 Å². The molecule has 1 aromatic heterocycles. The van der Waals surface area contributed by atoms with Crippen molar-refractivity contribution in [1.29, 1.82) is 0 Å². The number of fused-ring (bicyclic) bond motifs is 1. The standard InChI is InChI=1S/C13H16ClN3O3/c1-13(2)10(8-3-4-20-11(8)13)16-12-9(17(18)19)5-7(14)6-15-12/h5-6,8,10-11H,3-4H2,1-2H3,(H,15,16)/t8-,10-,11+/m1/s1. The molecule has 0 amide bonds. The van der Waals surface area contributed by atoms with E-state index in [4.69, 9.17) is 16.3 Å². The molecule has 108 valence electrons. The van der Waals surface area contributed by atoms with Crippen molar-refractivity contribution in [3.8, 4) is 0 Å². The summed E-state index contributed by atoms with van der Waals surface area (Å²) >= 11 is 5.78. The fourth-order valence-electron chi connectivity index (χ4n) is 3.44. The van der Waals surface area contributed by atoms with Crippen LogP contribution in [0, 0.1) is 21.4 Å². The highest BCUT2D eigenvalue weighted by molar-refractivity contribution is 6.30. The molecule has 2 heterocycles. The SMILES string of the molecule is CC1(C)[C@H](Nc2ncc(Cl)cc2[N+](=O)[O-])[C@H]2CCO[C@@H]21. The lowest BCUT2D eigenvalue weighted by atomic mass is 9.57. The van der Waals surface area contributed by atoms with Crippen molar-refractivity contribution >= 4 is 23.1 Å². The van der Waals surface area contributed by atoms with Crippen molar-refractivity contribution in [3.63, 3.8) is 0 Å². The number of hydrogen-bond acceptors (Lipinski definition) is 5. The maximum atomic E-state index is 11.1. The van der Waals surface area contributed by atoms with E-state index in [1.807, 2.05) is 0 Å². The number of nitrogens with one attached hydrogen (secondary N) is 1. The molecular formula is C13H16ClN3O3. The second-order valence-corrected chi connectivity index (χ2v) is 6.40. The van der Waals surface area contributed by atoms with E-state index in [1.165, 1.54) is 12.3 Å². The van der Waals surface area contributed by atoms with Crippen molar-refractivity contribution in [1.82, 2.24) is 4.98 Å². The summed E-state index contributed by atoms with van der Waals surface area (Å²) in [7, 11) is 0. The van der Waals surface area contributed by atoms with Crippen molar-refractivity contribution in [2.24, 2.45) is 11.3 Å². The number of aromatic nitrogens is 1. The molecule has 0 unspecified atom stereocenters. The van der Waals surface area contributed by atoms with Gasteiger partial charge in [0, 0.05) is 36.2 Å². The van der Waals surface area contributed by atoms with Gasteiger partial charge in [-0.15, -0.1) is 0 Å². The average Bonchev–Trinajstić information content (AvgIpc) is 2.83. The first-order chi connectivity index (χ1) is 9.41. The highest BCUT2D eigenvalue weighted by Crippen LogP contribution is 2.53. The van der Waals surface area contributed by atoms with Gasteiger partial charge in [-0.1, -0.05) is 25.4 Å². The summed E-state index contributed by atoms with van der Waals surface area (Å²) in [5.41, 5.74) is -0.147. The van der Waals surface area contributed by atoms with Crippen LogP contribution < -0.4 is 5.32 Å². The quantitative estimate of drug-likeness (QED) is 0.685. The van der Waals surface area contributed by atoms with Crippen molar-refractivity contribution in [2.75, 3.05) is 11.9 Å². The molecule has 1 aliphatic heterocycles. The lowest BCUT2D eigenvalue weighted by Gasteiger charge is -2.54. The number of ether oxygens (including phenoxy) is 1. The maximum Gasteiger partial charge on any atom is 0.312 e. The third kappa shape index (κ3) is 1.94. The monoisotopic (exact) mass is 297 g/mol. The van der Waals surface area contributed by atoms with Gasteiger partial charge in [0.2, 0.25) is 5.82 Å². The summed E-state index contributed by atoms with van der Waals surface area (Å²) in [4.78, 5) is 14.7. The Kier molecular flexibility index (Phi) is 3.10. The third-order valence-corrected chi connectivity index (χ3v) is 4.63. The first-order valence-electron chi connectivity index (χ1n) is 6.59. The molecular weight excluding hydrogens is 282 g/mol. The third-order valence-electron chi connectivity index (χ3n) is 4.42. The minimum atomic E-state index is -0.463. The molecule has 2 aliphatic rings. The second kappa shape index (κ2) is 4.56. The van der Waals surface area contributed by atoms with E-state index < -0.39 is 4.92 Å². The zero-order valence-corrected chi connectivity index (χ0v) is 12.1. The van der Waals surface area contributed by atoms with Crippen LogP contribution >= 0.6 is 11.6 Å². The Hall–Kier alpha value is -1.40. The lowest BCUT2D eigenvalue weighted by Crippen LogP contribution is -2.63. The molecule has 6 nitrogen and oxygen atoms in total. The van der Waals surface area contributed by atoms with Gasteiger partial charge in [0.15, 0.2) is 0 Å². The van der Waals surface area contributed by atoms with Crippen LogP contribution in [0.3, 0.4) is 0 Å². The molecule has 1 saturated heterocycles. The fraction of sp³-hybridized carbons (Fsp3) is 0.615. The van der Waals surface area contributed by atoms with Crippen LogP contribution in [-0.2, 0) is 4.74 Å². The summed E-state index contributed by atoms with van der Waals surface area (Å²) in [5, 5.41) is 14.6. The summed E-state index contributed by atoms with van der Waals surface area (Å²) in [6, 6.07) is 1.45. The van der Waals surface area contributed by atoms with Gasteiger partial charge in [-0.2, -0.15) is 0 Å². The predicted octanol–water partition coefficient (Wildman–Crippen LogP) is 2.87. The van der Waals surface area contributed by atoms with Crippen LogP contribution in [0.1, 0.15) is 20.3 Å². The van der Waals surface area contributed by atoms with E-state index in [2.05, 4.69) is 24.1 Å². The molecule has 1 N–H and O–H groups in total. The van der Waals surface area contributed by atoms with E-state index in [0.717, 1.165) is 13.0 Å². The summed E-state index contributed by atoms with van der Waals surface area (Å²) < 4.78 is 5.72. The summed E-state index contributed by atoms with van der Waals surface area (Å²) in [6.07, 6.45) is 2.63. The Morgan fingerprint density at radius 1 is 1.60 bits per heavy atom. The molecule has 7 heteroatoms. The van der Waals surface area contributed by atoms with Gasteiger partial charge in [-0.3, -0.25) is 10.1 Å². The fourth-order valence-corrected chi connectivity index (χ4v) is 3.60. The van der Waals surface area contributed by atoms with Crippen molar-refractivity contribution < 1.29 is 9.66 Å². The Morgan fingerprint density at radius 3 is 3.05 bits per heavy atom. The number of rotatable bonds is 3. The average molecular weight is 298 g/mol. The van der Waals surface area contributed by atoms with Crippen molar-refractivity contribution in [2.45, 2.75) is 32.4 Å². The summed E-state index contributed by atoms with van der Waals surface area (Å²) in [6.45, 7) is 4.98. The van der Waals surface area contributed by atoms with E-state index in [1.54, 1.807) is 0 Å². The molecule has 2 fully saturated rings. The van der Waals surface area contributed by atoms with Gasteiger partial charge in [-0.05, 0) is 6.42 Å². The number of nitrogens with zero attached hydrogens (tertiary/aromatic N) is 2. The van der Waals surface area contributed by atoms with Gasteiger partial charge in [0.1, 0.15) is 0 Å². The molecule has 3 atom stereocenters. The molecule has 0 spiro atoms. The van der Waals surface area contributed by atoms with Gasteiger partial charge in [-0.25, -0.2) is 4.98 Å². The van der Waals surface area contributed by atoms with Crippen molar-refractivity contribution in [3.05, 3.63) is 27.4 Å². The highest BCUT2D eigenvalue weighted by Gasteiger charge is 2.59. The molecule has 3 rings (SSSR count). The van der Waals surface area contributed by atoms with Gasteiger partial charge in [0.25, 0.3) is 0 Å². The van der Waals surface area contributed by atoms with E-state index in [0.29, 0.717) is 5.92 Å². The normalized spacial score (nSPS) is 30.4. The first-order valence-corrected chi connectivity index (χ1v) is 6.97. The Labute approximate surface area is 121 Å². The van der Waals surface area contributed by atoms with Crippen LogP contribution in [0.5, 0.6) is 0 Å². The van der Waals surface area contributed by atoms with Gasteiger partial charge >= 0.3 is 5.69 Å². The van der Waals surface area contributed by atoms with Crippen LogP contribution in [0.4, 0.5) is 11.5 Å². The van der Waals surface area contributed by atoms with Crippen LogP contribution in [-0.4, -0.2) is 28.7 Å². The van der Waals surface area contributed by atoms with Crippen LogP contribution in [0.15, 0.2) is 12.3 Å². The van der Waals surface area contributed by atoms with Crippen LogP contribution in [0.2, 0.25) is 5.02 Å². The van der Waals surface area contributed by atoms with Gasteiger partial charge in [0.05, 0.1) is 16.0 Å². The Bertz CT molecular complexity index is 564. The minimum Gasteiger partial charge on any atom is -0.377 e. The molecule has 0 radical (unpaired) electrons. The maximum absolute atomic E-state index is 11.1. The summed E-state index contributed by atoms with van der Waals surface area (Å²) in [5.74, 6) is 0.671. The van der Waals surface area contributed by atoms with E-state index in [9.17, 15) is 10.1 Å². The number of pyridine rings is 1. The molecule has 1 saturated carbocycles. The zero-order chi connectivity index (χ0) is 14.5. The molecule has 1 aliphatic carbocycles. The number of nitro groups is 1. The molecule has 1 aromatic rings. The van der Waals surface area contributed by atoms with E-state index >= 15 is 0 Å². The zero-order valence-electron chi connectivity index (χ0n) is 11.3. The second-order valence-electron chi connectivity index (χ2n) is 5.97. The molecule has 0 bridgehead atoms. The number of anilines is 1. The van der Waals surface area contributed by atoms with E-state index in [-0.39, 0.29) is 34.1 Å². The largest absolute Gasteiger partial charge is 0.377 e.